The molecule has 1 amide bonds. The minimum absolute atomic E-state index is 0.284. The zero-order valence-corrected chi connectivity index (χ0v) is 14.8. The smallest absolute Gasteiger partial charge is 0.311 e. The van der Waals surface area contributed by atoms with E-state index in [2.05, 4.69) is 26.5 Å². The Morgan fingerprint density at radius 1 is 1.40 bits per heavy atom. The van der Waals surface area contributed by atoms with E-state index < -0.39 is 22.3 Å². The molecule has 2 aromatic rings. The zero-order chi connectivity index (χ0) is 18.4. The third kappa shape index (κ3) is 5.44. The number of nitro benzene ring substituents is 1. The Bertz CT molecular complexity index is 844. The lowest BCUT2D eigenvalue weighted by Crippen LogP contribution is -2.24. The van der Waals surface area contributed by atoms with Crippen LogP contribution in [0, 0.1) is 10.1 Å². The Morgan fingerprint density at radius 3 is 2.84 bits per heavy atom. The van der Waals surface area contributed by atoms with Crippen molar-refractivity contribution in [3.05, 3.63) is 61.6 Å². The number of ether oxygens (including phenoxy) is 1. The van der Waals surface area contributed by atoms with E-state index in [0.29, 0.717) is 20.8 Å². The van der Waals surface area contributed by atoms with Crippen LogP contribution in [-0.2, 0) is 4.79 Å². The van der Waals surface area contributed by atoms with Crippen LogP contribution in [0.3, 0.4) is 0 Å². The SMILES string of the molecule is O=C(COc1ccc(Cl)cc1Br)N/N=C/c1ccc(O)c([N+](=O)[O-])c1. The van der Waals surface area contributed by atoms with Crippen LogP contribution in [0.25, 0.3) is 0 Å². The number of nitrogens with one attached hydrogen (secondary N) is 1. The maximum atomic E-state index is 11.7. The number of carbonyl (C=O) groups is 1. The second-order valence-electron chi connectivity index (χ2n) is 4.66. The van der Waals surface area contributed by atoms with Crippen LogP contribution >= 0.6 is 27.5 Å². The number of benzene rings is 2. The minimum atomic E-state index is -0.719. The second-order valence-corrected chi connectivity index (χ2v) is 5.95. The normalized spacial score (nSPS) is 10.6. The number of hydrazone groups is 1. The van der Waals surface area contributed by atoms with E-state index in [9.17, 15) is 20.0 Å². The first kappa shape index (κ1) is 18.7. The predicted molar refractivity (Wildman–Crippen MR) is 95.1 cm³/mol. The maximum Gasteiger partial charge on any atom is 0.311 e. The summed E-state index contributed by atoms with van der Waals surface area (Å²) in [7, 11) is 0. The van der Waals surface area contributed by atoms with E-state index >= 15 is 0 Å². The van der Waals surface area contributed by atoms with Crippen LogP contribution in [0.15, 0.2) is 46.0 Å². The van der Waals surface area contributed by atoms with E-state index in [0.717, 1.165) is 6.07 Å². The van der Waals surface area contributed by atoms with Crippen LogP contribution < -0.4 is 10.2 Å². The molecule has 0 unspecified atom stereocenters. The molecule has 0 atom stereocenters. The maximum absolute atomic E-state index is 11.7. The fourth-order valence-electron chi connectivity index (χ4n) is 1.71. The van der Waals surface area contributed by atoms with E-state index in [1.165, 1.54) is 18.3 Å². The van der Waals surface area contributed by atoms with E-state index in [1.807, 2.05) is 0 Å². The van der Waals surface area contributed by atoms with Crippen LogP contribution in [0.2, 0.25) is 5.02 Å². The third-order valence-corrected chi connectivity index (χ3v) is 3.71. The van der Waals surface area contributed by atoms with Crippen LogP contribution in [0.4, 0.5) is 5.69 Å². The van der Waals surface area contributed by atoms with Crippen molar-refractivity contribution in [2.24, 2.45) is 5.10 Å². The Hall–Kier alpha value is -2.65. The fraction of sp³-hybridized carbons (Fsp3) is 0.0667. The van der Waals surface area contributed by atoms with E-state index in [1.54, 1.807) is 18.2 Å². The molecule has 10 heteroatoms. The molecule has 2 aromatic carbocycles. The Labute approximate surface area is 155 Å². The quantitative estimate of drug-likeness (QED) is 0.416. The molecule has 0 bridgehead atoms. The Balaban J connectivity index is 1.90. The highest BCUT2D eigenvalue weighted by molar-refractivity contribution is 9.10. The number of aromatic hydroxyl groups is 1. The first-order valence-electron chi connectivity index (χ1n) is 6.74. The molecule has 0 fully saturated rings. The molecule has 0 saturated heterocycles. The Morgan fingerprint density at radius 2 is 2.16 bits per heavy atom. The van der Waals surface area contributed by atoms with Gasteiger partial charge < -0.3 is 9.84 Å². The molecule has 25 heavy (non-hydrogen) atoms. The number of amides is 1. The van der Waals surface area contributed by atoms with Gasteiger partial charge >= 0.3 is 5.69 Å². The average molecular weight is 429 g/mol. The number of nitro groups is 1. The average Bonchev–Trinajstić information content (AvgIpc) is 2.55. The minimum Gasteiger partial charge on any atom is -0.502 e. The van der Waals surface area contributed by atoms with Gasteiger partial charge in [0.1, 0.15) is 5.75 Å². The van der Waals surface area contributed by atoms with Gasteiger partial charge in [0.15, 0.2) is 12.4 Å². The van der Waals surface area contributed by atoms with Crippen molar-refractivity contribution in [1.29, 1.82) is 0 Å². The van der Waals surface area contributed by atoms with Gasteiger partial charge in [-0.2, -0.15) is 5.10 Å². The molecule has 0 aliphatic rings. The van der Waals surface area contributed by atoms with Gasteiger partial charge in [0.25, 0.3) is 5.91 Å². The van der Waals surface area contributed by atoms with Crippen LogP contribution in [0.1, 0.15) is 5.56 Å². The van der Waals surface area contributed by atoms with Crippen molar-refractivity contribution in [1.82, 2.24) is 5.43 Å². The summed E-state index contributed by atoms with van der Waals surface area (Å²) >= 11 is 9.06. The number of phenolic OH excluding ortho intramolecular Hbond substituents is 1. The van der Waals surface area contributed by atoms with Crippen molar-refractivity contribution in [3.63, 3.8) is 0 Å². The number of hydrogen-bond donors (Lipinski definition) is 2. The van der Waals surface area contributed by atoms with E-state index in [-0.39, 0.29) is 6.61 Å². The molecular weight excluding hydrogens is 418 g/mol. The van der Waals surface area contributed by atoms with Gasteiger partial charge in [0, 0.05) is 16.7 Å². The molecule has 0 saturated carbocycles. The predicted octanol–water partition coefficient (Wildman–Crippen LogP) is 3.25. The summed E-state index contributed by atoms with van der Waals surface area (Å²) < 4.78 is 5.91. The van der Waals surface area contributed by atoms with Gasteiger partial charge in [-0.25, -0.2) is 5.43 Å². The van der Waals surface area contributed by atoms with Crippen molar-refractivity contribution in [3.8, 4) is 11.5 Å². The summed E-state index contributed by atoms with van der Waals surface area (Å²) in [5.74, 6) is -0.530. The summed E-state index contributed by atoms with van der Waals surface area (Å²) in [5.41, 5.74) is 2.11. The van der Waals surface area contributed by atoms with Crippen molar-refractivity contribution >= 4 is 45.3 Å². The number of rotatable bonds is 6. The molecule has 2 rings (SSSR count). The number of hydrogen-bond acceptors (Lipinski definition) is 6. The van der Waals surface area contributed by atoms with Gasteiger partial charge in [0.05, 0.1) is 15.6 Å². The number of nitrogens with zero attached hydrogens (tertiary/aromatic N) is 2. The Kier molecular flexibility index (Phi) is 6.31. The van der Waals surface area contributed by atoms with Gasteiger partial charge in [-0.1, -0.05) is 11.6 Å². The lowest BCUT2D eigenvalue weighted by molar-refractivity contribution is -0.385. The number of carbonyl (C=O) groups excluding carboxylic acids is 1. The molecule has 8 nitrogen and oxygen atoms in total. The van der Waals surface area contributed by atoms with Crippen LogP contribution in [-0.4, -0.2) is 28.8 Å². The van der Waals surface area contributed by atoms with Crippen molar-refractivity contribution in [2.45, 2.75) is 0 Å². The number of halogens is 2. The largest absolute Gasteiger partial charge is 0.502 e. The molecule has 0 spiro atoms. The number of phenols is 1. The molecule has 130 valence electrons. The zero-order valence-electron chi connectivity index (χ0n) is 12.5. The lowest BCUT2D eigenvalue weighted by Gasteiger charge is -2.07. The fourth-order valence-corrected chi connectivity index (χ4v) is 2.51. The summed E-state index contributed by atoms with van der Waals surface area (Å²) in [6.07, 6.45) is 1.21. The van der Waals surface area contributed by atoms with Crippen LogP contribution in [0.5, 0.6) is 11.5 Å². The first-order chi connectivity index (χ1) is 11.9. The van der Waals surface area contributed by atoms with Gasteiger partial charge in [-0.3, -0.25) is 14.9 Å². The summed E-state index contributed by atoms with van der Waals surface area (Å²) in [6, 6.07) is 8.58. The van der Waals surface area contributed by atoms with Gasteiger partial charge in [-0.15, -0.1) is 0 Å². The lowest BCUT2D eigenvalue weighted by atomic mass is 10.2. The summed E-state index contributed by atoms with van der Waals surface area (Å²) in [6.45, 7) is -0.284. The summed E-state index contributed by atoms with van der Waals surface area (Å²) in [5, 5.41) is 24.3. The first-order valence-corrected chi connectivity index (χ1v) is 7.91. The molecule has 0 radical (unpaired) electrons. The van der Waals surface area contributed by atoms with Gasteiger partial charge in [0.2, 0.25) is 0 Å². The second kappa shape index (κ2) is 8.45. The molecule has 0 aliphatic heterocycles. The monoisotopic (exact) mass is 427 g/mol. The highest BCUT2D eigenvalue weighted by Crippen LogP contribution is 2.28. The third-order valence-electron chi connectivity index (χ3n) is 2.85. The highest BCUT2D eigenvalue weighted by atomic mass is 79.9. The topological polar surface area (TPSA) is 114 Å². The molecule has 0 aliphatic carbocycles. The molecule has 0 aromatic heterocycles. The summed E-state index contributed by atoms with van der Waals surface area (Å²) in [4.78, 5) is 21.7. The molecule has 0 heterocycles. The van der Waals surface area contributed by atoms with Crippen molar-refractivity contribution in [2.75, 3.05) is 6.61 Å². The van der Waals surface area contributed by atoms with E-state index in [4.69, 9.17) is 16.3 Å². The molecular formula is C15H11BrClN3O5. The standard InChI is InChI=1S/C15H11BrClN3O5/c16-11-6-10(17)2-4-14(11)25-8-15(22)19-18-7-9-1-3-13(21)12(5-9)20(23)24/h1-7,21H,8H2,(H,19,22)/b18-7+. The molecule has 2 N–H and O–H groups in total. The highest BCUT2D eigenvalue weighted by Gasteiger charge is 2.12. The van der Waals surface area contributed by atoms with Gasteiger partial charge in [-0.05, 0) is 46.3 Å². The van der Waals surface area contributed by atoms with Crippen molar-refractivity contribution < 1.29 is 19.6 Å².